The van der Waals surface area contributed by atoms with Gasteiger partial charge in [0, 0.05) is 6.42 Å². The number of oxazole rings is 1. The van der Waals surface area contributed by atoms with E-state index in [4.69, 9.17) is 9.52 Å². The number of nitrogens with one attached hydrogen (secondary N) is 1. The molecule has 0 radical (unpaired) electrons. The molecule has 0 saturated carbocycles. The molecule has 2 N–H and O–H groups in total. The minimum absolute atomic E-state index is 0.0729. The SMILES string of the molecule is O=C1CCC(c2nc3cc(CO)ccc3o2)C(=O)N1. The van der Waals surface area contributed by atoms with Crippen molar-refractivity contribution in [2.75, 3.05) is 0 Å². The predicted octanol–water partition coefficient (Wildman–Crippen LogP) is 0.840. The van der Waals surface area contributed by atoms with E-state index in [9.17, 15) is 9.59 Å². The molecule has 0 aliphatic carbocycles. The lowest BCUT2D eigenvalue weighted by Crippen LogP contribution is -2.39. The highest BCUT2D eigenvalue weighted by Crippen LogP contribution is 2.27. The van der Waals surface area contributed by atoms with Crippen molar-refractivity contribution in [2.45, 2.75) is 25.4 Å². The van der Waals surface area contributed by atoms with Gasteiger partial charge in [-0.25, -0.2) is 4.98 Å². The Morgan fingerprint density at radius 2 is 2.26 bits per heavy atom. The molecule has 2 aromatic rings. The smallest absolute Gasteiger partial charge is 0.239 e. The summed E-state index contributed by atoms with van der Waals surface area (Å²) in [5.74, 6) is -0.845. The van der Waals surface area contributed by atoms with Crippen molar-refractivity contribution in [1.29, 1.82) is 0 Å². The standard InChI is InChI=1S/C13H12N2O4/c16-6-7-1-3-10-9(5-7)14-13(19-10)8-2-4-11(17)15-12(8)18/h1,3,5,8,16H,2,4,6H2,(H,15,17,18). The molecule has 1 atom stereocenters. The largest absolute Gasteiger partial charge is 0.440 e. The van der Waals surface area contributed by atoms with E-state index in [1.165, 1.54) is 0 Å². The van der Waals surface area contributed by atoms with Crippen molar-refractivity contribution in [3.63, 3.8) is 0 Å². The highest BCUT2D eigenvalue weighted by atomic mass is 16.3. The van der Waals surface area contributed by atoms with Crippen molar-refractivity contribution >= 4 is 22.9 Å². The number of carbonyl (C=O) groups is 2. The molecule has 19 heavy (non-hydrogen) atoms. The Morgan fingerprint density at radius 3 is 3.00 bits per heavy atom. The number of rotatable bonds is 2. The van der Waals surface area contributed by atoms with Gasteiger partial charge in [-0.05, 0) is 24.1 Å². The maximum atomic E-state index is 11.7. The molecule has 1 unspecified atom stereocenters. The number of fused-ring (bicyclic) bond motifs is 1. The summed E-state index contributed by atoms with van der Waals surface area (Å²) >= 11 is 0. The Balaban J connectivity index is 1.97. The number of hydrogen-bond acceptors (Lipinski definition) is 5. The second-order valence-electron chi connectivity index (χ2n) is 4.52. The first-order chi connectivity index (χ1) is 9.17. The van der Waals surface area contributed by atoms with E-state index < -0.39 is 5.92 Å². The molecule has 6 nitrogen and oxygen atoms in total. The lowest BCUT2D eigenvalue weighted by Gasteiger charge is -2.17. The molecule has 2 amide bonds. The second-order valence-corrected chi connectivity index (χ2v) is 4.52. The first-order valence-corrected chi connectivity index (χ1v) is 6.01. The third kappa shape index (κ3) is 2.10. The summed E-state index contributed by atoms with van der Waals surface area (Å²) in [7, 11) is 0. The van der Waals surface area contributed by atoms with E-state index in [-0.39, 0.29) is 24.8 Å². The number of hydrogen-bond donors (Lipinski definition) is 2. The first kappa shape index (κ1) is 11.9. The minimum atomic E-state index is -0.525. The Morgan fingerprint density at radius 1 is 1.42 bits per heavy atom. The molecule has 1 fully saturated rings. The molecule has 98 valence electrons. The number of carbonyl (C=O) groups excluding carboxylic acids is 2. The molecular weight excluding hydrogens is 248 g/mol. The number of amides is 2. The van der Waals surface area contributed by atoms with Crippen LogP contribution in [0.2, 0.25) is 0 Å². The summed E-state index contributed by atoms with van der Waals surface area (Å²) in [6.45, 7) is -0.0729. The van der Waals surface area contributed by atoms with Gasteiger partial charge < -0.3 is 9.52 Å². The second kappa shape index (κ2) is 4.47. The maximum absolute atomic E-state index is 11.7. The number of nitrogens with zero attached hydrogens (tertiary/aromatic N) is 1. The van der Waals surface area contributed by atoms with Gasteiger partial charge in [0.05, 0.1) is 6.61 Å². The van der Waals surface area contributed by atoms with Gasteiger partial charge >= 0.3 is 0 Å². The van der Waals surface area contributed by atoms with Gasteiger partial charge in [-0.2, -0.15) is 0 Å². The highest BCUT2D eigenvalue weighted by Gasteiger charge is 2.31. The van der Waals surface area contributed by atoms with Gasteiger partial charge in [-0.15, -0.1) is 0 Å². The van der Waals surface area contributed by atoms with Gasteiger partial charge in [0.15, 0.2) is 5.58 Å². The highest BCUT2D eigenvalue weighted by molar-refractivity contribution is 6.00. The van der Waals surface area contributed by atoms with Crippen LogP contribution < -0.4 is 5.32 Å². The number of aliphatic hydroxyl groups is 1. The fourth-order valence-corrected chi connectivity index (χ4v) is 2.17. The van der Waals surface area contributed by atoms with Gasteiger partial charge in [-0.3, -0.25) is 14.9 Å². The monoisotopic (exact) mass is 260 g/mol. The molecule has 0 bridgehead atoms. The van der Waals surface area contributed by atoms with Crippen LogP contribution in [-0.2, 0) is 16.2 Å². The molecule has 6 heteroatoms. The fraction of sp³-hybridized carbons (Fsp3) is 0.308. The lowest BCUT2D eigenvalue weighted by molar-refractivity contribution is -0.134. The molecule has 1 aliphatic rings. The topological polar surface area (TPSA) is 92.4 Å². The molecule has 1 aromatic heterocycles. The van der Waals surface area contributed by atoms with Crippen molar-refractivity contribution in [3.05, 3.63) is 29.7 Å². The van der Waals surface area contributed by atoms with Crippen molar-refractivity contribution < 1.29 is 19.1 Å². The number of imide groups is 1. The van der Waals surface area contributed by atoms with Gasteiger partial charge in [0.1, 0.15) is 11.4 Å². The molecule has 1 aromatic carbocycles. The van der Waals surface area contributed by atoms with Crippen LogP contribution in [0.3, 0.4) is 0 Å². The summed E-state index contributed by atoms with van der Waals surface area (Å²) < 4.78 is 5.55. The summed E-state index contributed by atoms with van der Waals surface area (Å²) in [6, 6.07) is 5.17. The predicted molar refractivity (Wildman–Crippen MR) is 65.1 cm³/mol. The molecule has 1 aliphatic heterocycles. The third-order valence-corrected chi connectivity index (χ3v) is 3.19. The molecule has 1 saturated heterocycles. The average Bonchev–Trinajstić information content (AvgIpc) is 2.80. The van der Waals surface area contributed by atoms with E-state index in [0.29, 0.717) is 23.4 Å². The number of aliphatic hydroxyl groups excluding tert-OH is 1. The van der Waals surface area contributed by atoms with Crippen LogP contribution in [0.25, 0.3) is 11.1 Å². The van der Waals surface area contributed by atoms with Gasteiger partial charge in [-0.1, -0.05) is 6.07 Å². The van der Waals surface area contributed by atoms with Crippen LogP contribution in [0.5, 0.6) is 0 Å². The van der Waals surface area contributed by atoms with E-state index in [0.717, 1.165) is 5.56 Å². The van der Waals surface area contributed by atoms with Crippen LogP contribution in [0.4, 0.5) is 0 Å². The van der Waals surface area contributed by atoms with Crippen molar-refractivity contribution in [1.82, 2.24) is 10.3 Å². The zero-order valence-corrected chi connectivity index (χ0v) is 10.0. The summed E-state index contributed by atoms with van der Waals surface area (Å²) in [5, 5.41) is 11.3. The number of aromatic nitrogens is 1. The van der Waals surface area contributed by atoms with Gasteiger partial charge in [0.2, 0.25) is 17.7 Å². The van der Waals surface area contributed by atoms with Crippen LogP contribution >= 0.6 is 0 Å². The van der Waals surface area contributed by atoms with Crippen LogP contribution in [-0.4, -0.2) is 21.9 Å². The zero-order chi connectivity index (χ0) is 13.4. The third-order valence-electron chi connectivity index (χ3n) is 3.19. The maximum Gasteiger partial charge on any atom is 0.239 e. The van der Waals surface area contributed by atoms with Crippen LogP contribution in [0.15, 0.2) is 22.6 Å². The quantitative estimate of drug-likeness (QED) is 0.780. The summed E-state index contributed by atoms with van der Waals surface area (Å²) in [4.78, 5) is 27.1. The summed E-state index contributed by atoms with van der Waals surface area (Å²) in [5.41, 5.74) is 1.90. The lowest BCUT2D eigenvalue weighted by atomic mass is 9.98. The van der Waals surface area contributed by atoms with E-state index in [1.54, 1.807) is 18.2 Å². The van der Waals surface area contributed by atoms with E-state index in [1.807, 2.05) is 0 Å². The Bertz CT molecular complexity index is 662. The Hall–Kier alpha value is -2.21. The summed E-state index contributed by atoms with van der Waals surface area (Å²) in [6.07, 6.45) is 0.696. The van der Waals surface area contributed by atoms with Crippen LogP contribution in [0, 0.1) is 0 Å². The molecule has 3 rings (SSSR count). The fourth-order valence-electron chi connectivity index (χ4n) is 2.17. The molecule has 0 spiro atoms. The average molecular weight is 260 g/mol. The Labute approximate surface area is 108 Å². The normalized spacial score (nSPS) is 19.7. The number of benzene rings is 1. The van der Waals surface area contributed by atoms with E-state index >= 15 is 0 Å². The van der Waals surface area contributed by atoms with Crippen molar-refractivity contribution in [3.8, 4) is 0 Å². The number of piperidine rings is 1. The van der Waals surface area contributed by atoms with Gasteiger partial charge in [0.25, 0.3) is 0 Å². The minimum Gasteiger partial charge on any atom is -0.440 e. The molecular formula is C13H12N2O4. The Kier molecular flexibility index (Phi) is 2.79. The molecule has 2 heterocycles. The van der Waals surface area contributed by atoms with Crippen molar-refractivity contribution in [2.24, 2.45) is 0 Å². The first-order valence-electron chi connectivity index (χ1n) is 6.01. The zero-order valence-electron chi connectivity index (χ0n) is 10.0. The van der Waals surface area contributed by atoms with E-state index in [2.05, 4.69) is 10.3 Å². The van der Waals surface area contributed by atoms with Crippen LogP contribution in [0.1, 0.15) is 30.2 Å².